The molecule has 4 heteroatoms. The van der Waals surface area contributed by atoms with Crippen LogP contribution in [0.4, 0.5) is 0 Å². The summed E-state index contributed by atoms with van der Waals surface area (Å²) in [6, 6.07) is 0. The molecule has 0 aromatic rings. The molecule has 1 fully saturated rings. The van der Waals surface area contributed by atoms with Gasteiger partial charge in [-0.3, -0.25) is 4.90 Å². The van der Waals surface area contributed by atoms with Crippen LogP contribution in [0.25, 0.3) is 10.4 Å². The topological polar surface area (TPSA) is 52.0 Å². The van der Waals surface area contributed by atoms with E-state index in [0.29, 0.717) is 12.1 Å². The third-order valence-electron chi connectivity index (χ3n) is 2.82. The first kappa shape index (κ1) is 10.4. The fraction of sp³-hybridized carbons (Fsp3) is 1.00. The number of hydrogen-bond acceptors (Lipinski definition) is 2. The highest BCUT2D eigenvalue weighted by Gasteiger charge is 2.30. The molecule has 0 aromatic heterocycles. The molecule has 13 heavy (non-hydrogen) atoms. The molecular weight excluding hydrogens is 164 g/mol. The van der Waals surface area contributed by atoms with Crippen molar-refractivity contribution in [2.24, 2.45) is 5.11 Å². The maximum atomic E-state index is 8.11. The minimum Gasteiger partial charge on any atom is -0.298 e. The SMILES string of the molecule is CC1(C)CCCN1CCCN=[N+]=[N-]. The Labute approximate surface area is 79.5 Å². The fourth-order valence-electron chi connectivity index (χ4n) is 1.95. The lowest BCUT2D eigenvalue weighted by atomic mass is 10.0. The van der Waals surface area contributed by atoms with Crippen LogP contribution in [0.1, 0.15) is 33.1 Å². The predicted octanol–water partition coefficient (Wildman–Crippen LogP) is 2.56. The molecule has 0 spiro atoms. The van der Waals surface area contributed by atoms with Gasteiger partial charge in [-0.15, -0.1) is 0 Å². The summed E-state index contributed by atoms with van der Waals surface area (Å²) in [6.07, 6.45) is 3.57. The van der Waals surface area contributed by atoms with E-state index in [1.54, 1.807) is 0 Å². The molecule has 1 saturated heterocycles. The van der Waals surface area contributed by atoms with Crippen LogP contribution in [0.2, 0.25) is 0 Å². The van der Waals surface area contributed by atoms with Crippen molar-refractivity contribution in [3.63, 3.8) is 0 Å². The van der Waals surface area contributed by atoms with Gasteiger partial charge in [0, 0.05) is 17.0 Å². The Morgan fingerprint density at radius 3 is 2.85 bits per heavy atom. The molecule has 1 aliphatic heterocycles. The second kappa shape index (κ2) is 4.49. The third kappa shape index (κ3) is 2.90. The summed E-state index contributed by atoms with van der Waals surface area (Å²) in [7, 11) is 0. The molecule has 4 nitrogen and oxygen atoms in total. The Balaban J connectivity index is 2.24. The summed E-state index contributed by atoms with van der Waals surface area (Å²) in [4.78, 5) is 5.23. The van der Waals surface area contributed by atoms with Crippen molar-refractivity contribution in [3.8, 4) is 0 Å². The third-order valence-corrected chi connectivity index (χ3v) is 2.82. The van der Waals surface area contributed by atoms with Gasteiger partial charge in [0.05, 0.1) is 0 Å². The number of azide groups is 1. The summed E-state index contributed by atoms with van der Waals surface area (Å²) < 4.78 is 0. The predicted molar refractivity (Wildman–Crippen MR) is 53.5 cm³/mol. The molecule has 0 bridgehead atoms. The lowest BCUT2D eigenvalue weighted by Gasteiger charge is -2.31. The molecule has 0 amide bonds. The first-order valence-electron chi connectivity index (χ1n) is 4.93. The van der Waals surface area contributed by atoms with E-state index in [9.17, 15) is 0 Å². The molecule has 1 rings (SSSR count). The van der Waals surface area contributed by atoms with Crippen LogP contribution in [0.3, 0.4) is 0 Å². The second-order valence-electron chi connectivity index (χ2n) is 4.21. The summed E-state index contributed by atoms with van der Waals surface area (Å²) in [6.45, 7) is 7.46. The van der Waals surface area contributed by atoms with Crippen LogP contribution in [-0.2, 0) is 0 Å². The lowest BCUT2D eigenvalue weighted by molar-refractivity contribution is 0.174. The van der Waals surface area contributed by atoms with E-state index < -0.39 is 0 Å². The van der Waals surface area contributed by atoms with Crippen molar-refractivity contribution in [2.45, 2.75) is 38.6 Å². The van der Waals surface area contributed by atoms with Gasteiger partial charge in [-0.05, 0) is 51.7 Å². The standard InChI is InChI=1S/C9H18N4/c1-9(2)5-3-7-13(9)8-4-6-11-12-10/h3-8H2,1-2H3. The van der Waals surface area contributed by atoms with E-state index in [2.05, 4.69) is 28.8 Å². The van der Waals surface area contributed by atoms with E-state index in [1.165, 1.54) is 19.4 Å². The Morgan fingerprint density at radius 2 is 2.31 bits per heavy atom. The Morgan fingerprint density at radius 1 is 1.54 bits per heavy atom. The van der Waals surface area contributed by atoms with Crippen molar-refractivity contribution < 1.29 is 0 Å². The van der Waals surface area contributed by atoms with Gasteiger partial charge >= 0.3 is 0 Å². The smallest absolute Gasteiger partial charge is 0.0270 e. The average Bonchev–Trinajstić information content (AvgIpc) is 2.40. The van der Waals surface area contributed by atoms with Crippen molar-refractivity contribution in [3.05, 3.63) is 10.4 Å². The Hall–Kier alpha value is -0.730. The van der Waals surface area contributed by atoms with Crippen molar-refractivity contribution in [2.75, 3.05) is 19.6 Å². The summed E-state index contributed by atoms with van der Waals surface area (Å²) in [5, 5.41) is 3.53. The molecule has 0 aliphatic carbocycles. The first-order chi connectivity index (χ1) is 6.17. The van der Waals surface area contributed by atoms with Gasteiger partial charge in [0.2, 0.25) is 0 Å². The monoisotopic (exact) mass is 182 g/mol. The zero-order valence-electron chi connectivity index (χ0n) is 8.53. The molecule has 1 aliphatic rings. The highest BCUT2D eigenvalue weighted by Crippen LogP contribution is 2.27. The largest absolute Gasteiger partial charge is 0.298 e. The van der Waals surface area contributed by atoms with Gasteiger partial charge < -0.3 is 0 Å². The fourth-order valence-corrected chi connectivity index (χ4v) is 1.95. The first-order valence-corrected chi connectivity index (χ1v) is 4.93. The minimum absolute atomic E-state index is 0.357. The number of likely N-dealkylation sites (tertiary alicyclic amines) is 1. The number of rotatable bonds is 4. The van der Waals surface area contributed by atoms with E-state index in [1.807, 2.05) is 0 Å². The molecule has 0 N–H and O–H groups in total. The zero-order valence-corrected chi connectivity index (χ0v) is 8.53. The minimum atomic E-state index is 0.357. The summed E-state index contributed by atoms with van der Waals surface area (Å²) in [5.41, 5.74) is 8.46. The quantitative estimate of drug-likeness (QED) is 0.285. The molecular formula is C9H18N4. The molecule has 0 aromatic carbocycles. The van der Waals surface area contributed by atoms with Crippen molar-refractivity contribution in [1.82, 2.24) is 4.90 Å². The molecule has 0 radical (unpaired) electrons. The second-order valence-corrected chi connectivity index (χ2v) is 4.21. The molecule has 74 valence electrons. The van der Waals surface area contributed by atoms with Gasteiger partial charge in [0.15, 0.2) is 0 Å². The van der Waals surface area contributed by atoms with Crippen molar-refractivity contribution >= 4 is 0 Å². The maximum absolute atomic E-state index is 8.11. The average molecular weight is 182 g/mol. The Bertz CT molecular complexity index is 206. The van der Waals surface area contributed by atoms with Crippen LogP contribution in [0, 0.1) is 0 Å². The van der Waals surface area contributed by atoms with E-state index in [-0.39, 0.29) is 0 Å². The van der Waals surface area contributed by atoms with Crippen molar-refractivity contribution in [1.29, 1.82) is 0 Å². The van der Waals surface area contributed by atoms with E-state index in [0.717, 1.165) is 13.0 Å². The normalized spacial score (nSPS) is 21.4. The van der Waals surface area contributed by atoms with Crippen LogP contribution in [-0.4, -0.2) is 30.1 Å². The zero-order chi connectivity index (χ0) is 9.73. The Kier molecular flexibility index (Phi) is 3.58. The van der Waals surface area contributed by atoms with Gasteiger partial charge in [0.25, 0.3) is 0 Å². The van der Waals surface area contributed by atoms with Crippen LogP contribution < -0.4 is 0 Å². The van der Waals surface area contributed by atoms with Gasteiger partial charge in [-0.2, -0.15) is 0 Å². The van der Waals surface area contributed by atoms with Crippen LogP contribution in [0.5, 0.6) is 0 Å². The molecule has 0 saturated carbocycles. The molecule has 1 heterocycles. The van der Waals surface area contributed by atoms with E-state index in [4.69, 9.17) is 5.53 Å². The van der Waals surface area contributed by atoms with Gasteiger partial charge in [-0.1, -0.05) is 5.11 Å². The maximum Gasteiger partial charge on any atom is 0.0270 e. The highest BCUT2D eigenvalue weighted by molar-refractivity contribution is 4.87. The summed E-state index contributed by atoms with van der Waals surface area (Å²) >= 11 is 0. The molecule has 0 atom stereocenters. The lowest BCUT2D eigenvalue weighted by Crippen LogP contribution is -2.38. The number of nitrogens with zero attached hydrogens (tertiary/aromatic N) is 4. The van der Waals surface area contributed by atoms with E-state index >= 15 is 0 Å². The summed E-state index contributed by atoms with van der Waals surface area (Å²) in [5.74, 6) is 0. The van der Waals surface area contributed by atoms with Crippen LogP contribution >= 0.6 is 0 Å². The molecule has 0 unspecified atom stereocenters. The van der Waals surface area contributed by atoms with Gasteiger partial charge in [0.1, 0.15) is 0 Å². The van der Waals surface area contributed by atoms with Gasteiger partial charge in [-0.25, -0.2) is 0 Å². The number of hydrogen-bond donors (Lipinski definition) is 0. The highest BCUT2D eigenvalue weighted by atomic mass is 15.2. The van der Waals surface area contributed by atoms with Crippen LogP contribution in [0.15, 0.2) is 5.11 Å².